The summed E-state index contributed by atoms with van der Waals surface area (Å²) in [5, 5.41) is 5.71. The third-order valence-corrected chi connectivity index (χ3v) is 4.25. The number of fused-ring (bicyclic) bond motifs is 1. The highest BCUT2D eigenvalue weighted by atomic mass is 16.5. The van der Waals surface area contributed by atoms with Crippen LogP contribution in [-0.2, 0) is 9.59 Å². The zero-order valence-corrected chi connectivity index (χ0v) is 12.4. The van der Waals surface area contributed by atoms with Gasteiger partial charge in [0.1, 0.15) is 5.75 Å². The molecule has 112 valence electrons. The summed E-state index contributed by atoms with van der Waals surface area (Å²) in [6.07, 6.45) is 4.19. The van der Waals surface area contributed by atoms with Gasteiger partial charge in [-0.25, -0.2) is 0 Å². The molecule has 2 N–H and O–H groups in total. The van der Waals surface area contributed by atoms with Crippen LogP contribution in [0.2, 0.25) is 0 Å². The van der Waals surface area contributed by atoms with E-state index in [1.165, 1.54) is 6.92 Å². The molecule has 0 radical (unpaired) electrons. The Morgan fingerprint density at radius 2 is 2.10 bits per heavy atom. The summed E-state index contributed by atoms with van der Waals surface area (Å²) in [6, 6.07) is 5.67. The number of aryl methyl sites for hydroxylation is 1. The number of benzene rings is 1. The Balaban J connectivity index is 1.82. The Bertz CT molecular complexity index is 593. The minimum atomic E-state index is -1.51. The van der Waals surface area contributed by atoms with E-state index >= 15 is 0 Å². The predicted octanol–water partition coefficient (Wildman–Crippen LogP) is 2.14. The molecule has 2 amide bonds. The van der Waals surface area contributed by atoms with Gasteiger partial charge >= 0.3 is 0 Å². The molecule has 1 atom stereocenters. The lowest BCUT2D eigenvalue weighted by molar-refractivity contribution is -0.147. The van der Waals surface area contributed by atoms with Crippen molar-refractivity contribution in [1.29, 1.82) is 0 Å². The largest absolute Gasteiger partial charge is 0.466 e. The lowest BCUT2D eigenvalue weighted by Crippen LogP contribution is -2.60. The monoisotopic (exact) mass is 288 g/mol. The van der Waals surface area contributed by atoms with E-state index in [0.29, 0.717) is 11.4 Å². The van der Waals surface area contributed by atoms with Crippen LogP contribution in [0.3, 0.4) is 0 Å². The molecule has 1 aliphatic heterocycles. The van der Waals surface area contributed by atoms with Crippen LogP contribution in [0.1, 0.15) is 38.2 Å². The van der Waals surface area contributed by atoms with Gasteiger partial charge in [-0.3, -0.25) is 9.59 Å². The number of anilines is 1. The number of ether oxygens (including phenoxy) is 1. The third-order valence-electron chi connectivity index (χ3n) is 4.25. The summed E-state index contributed by atoms with van der Waals surface area (Å²) >= 11 is 0. The maximum atomic E-state index is 12.5. The van der Waals surface area contributed by atoms with E-state index < -0.39 is 11.5 Å². The minimum Gasteiger partial charge on any atom is -0.466 e. The Morgan fingerprint density at radius 1 is 1.38 bits per heavy atom. The van der Waals surface area contributed by atoms with E-state index in [-0.39, 0.29) is 11.9 Å². The molecular weight excluding hydrogens is 268 g/mol. The summed E-state index contributed by atoms with van der Waals surface area (Å²) in [5.74, 6) is -0.251. The summed E-state index contributed by atoms with van der Waals surface area (Å²) in [5.41, 5.74) is 0.132. The Kier molecular flexibility index (Phi) is 3.35. The zero-order chi connectivity index (χ0) is 15.0. The van der Waals surface area contributed by atoms with Gasteiger partial charge in [-0.2, -0.15) is 0 Å². The number of hydrogen-bond donors (Lipinski definition) is 2. The van der Waals surface area contributed by atoms with Crippen molar-refractivity contribution in [3.8, 4) is 5.75 Å². The molecule has 1 saturated carbocycles. The molecule has 1 aliphatic carbocycles. The Labute approximate surface area is 124 Å². The van der Waals surface area contributed by atoms with Gasteiger partial charge in [0.25, 0.3) is 17.4 Å². The molecule has 1 aromatic rings. The summed E-state index contributed by atoms with van der Waals surface area (Å²) < 4.78 is 5.73. The molecule has 21 heavy (non-hydrogen) atoms. The second kappa shape index (κ2) is 5.06. The van der Waals surface area contributed by atoms with Gasteiger partial charge < -0.3 is 15.4 Å². The lowest BCUT2D eigenvalue weighted by Gasteiger charge is -2.34. The highest BCUT2D eigenvalue weighted by Crippen LogP contribution is 2.34. The maximum absolute atomic E-state index is 12.5. The van der Waals surface area contributed by atoms with E-state index in [1.54, 1.807) is 6.07 Å². The van der Waals surface area contributed by atoms with Crippen LogP contribution < -0.4 is 15.4 Å². The first-order valence-corrected chi connectivity index (χ1v) is 7.41. The fourth-order valence-electron chi connectivity index (χ4n) is 2.88. The van der Waals surface area contributed by atoms with Crippen molar-refractivity contribution in [3.63, 3.8) is 0 Å². The van der Waals surface area contributed by atoms with Crippen molar-refractivity contribution in [3.05, 3.63) is 23.8 Å². The maximum Gasteiger partial charge on any atom is 0.278 e. The number of nitrogens with one attached hydrogen (secondary N) is 2. The van der Waals surface area contributed by atoms with E-state index in [9.17, 15) is 9.59 Å². The van der Waals surface area contributed by atoms with Crippen molar-refractivity contribution in [1.82, 2.24) is 5.32 Å². The molecule has 2 aliphatic rings. The van der Waals surface area contributed by atoms with Gasteiger partial charge in [0.15, 0.2) is 0 Å². The molecule has 0 aromatic heterocycles. The molecule has 1 heterocycles. The SMILES string of the molecule is Cc1ccc2c(c1)NC(=O)[C@](C)(C(=O)NC1CCCC1)O2. The first-order chi connectivity index (χ1) is 9.99. The summed E-state index contributed by atoms with van der Waals surface area (Å²) in [7, 11) is 0. The normalized spacial score (nSPS) is 25.0. The minimum absolute atomic E-state index is 0.158. The van der Waals surface area contributed by atoms with E-state index in [4.69, 9.17) is 4.74 Å². The van der Waals surface area contributed by atoms with Crippen molar-refractivity contribution in [2.24, 2.45) is 0 Å². The molecule has 0 unspecified atom stereocenters. The predicted molar refractivity (Wildman–Crippen MR) is 79.2 cm³/mol. The van der Waals surface area contributed by atoms with E-state index in [0.717, 1.165) is 31.2 Å². The smallest absolute Gasteiger partial charge is 0.278 e. The quantitative estimate of drug-likeness (QED) is 0.819. The molecule has 1 fully saturated rings. The van der Waals surface area contributed by atoms with Crippen LogP contribution in [-0.4, -0.2) is 23.5 Å². The van der Waals surface area contributed by atoms with E-state index in [2.05, 4.69) is 10.6 Å². The first-order valence-electron chi connectivity index (χ1n) is 7.41. The zero-order valence-electron chi connectivity index (χ0n) is 12.4. The molecule has 0 spiro atoms. The van der Waals surface area contributed by atoms with Gasteiger partial charge in [-0.15, -0.1) is 0 Å². The van der Waals surface area contributed by atoms with Crippen LogP contribution in [0.15, 0.2) is 18.2 Å². The third kappa shape index (κ3) is 2.48. The van der Waals surface area contributed by atoms with Crippen LogP contribution >= 0.6 is 0 Å². The van der Waals surface area contributed by atoms with Gasteiger partial charge in [0.05, 0.1) is 5.69 Å². The fraction of sp³-hybridized carbons (Fsp3) is 0.500. The topological polar surface area (TPSA) is 67.4 Å². The number of hydrogen-bond acceptors (Lipinski definition) is 3. The molecule has 5 nitrogen and oxygen atoms in total. The highest BCUT2D eigenvalue weighted by molar-refractivity contribution is 6.15. The van der Waals surface area contributed by atoms with Gasteiger partial charge in [0, 0.05) is 6.04 Å². The number of rotatable bonds is 2. The van der Waals surface area contributed by atoms with E-state index in [1.807, 2.05) is 19.1 Å². The standard InChI is InChI=1S/C16H20N2O3/c1-10-7-8-13-12(9-10)18-15(20)16(2,21-13)14(19)17-11-5-3-4-6-11/h7-9,11H,3-6H2,1-2H3,(H,17,19)(H,18,20)/t16-/m0/s1. The molecule has 5 heteroatoms. The molecule has 1 aromatic carbocycles. The van der Waals surface area contributed by atoms with Gasteiger partial charge in [-0.05, 0) is 44.4 Å². The second-order valence-electron chi connectivity index (χ2n) is 6.04. The molecule has 0 bridgehead atoms. The average molecular weight is 288 g/mol. The highest BCUT2D eigenvalue weighted by Gasteiger charge is 2.47. The molecule has 0 saturated heterocycles. The Hall–Kier alpha value is -2.04. The van der Waals surface area contributed by atoms with Crippen molar-refractivity contribution in [2.75, 3.05) is 5.32 Å². The first kappa shape index (κ1) is 13.9. The van der Waals surface area contributed by atoms with Gasteiger partial charge in [-0.1, -0.05) is 18.9 Å². The number of amides is 2. The van der Waals surface area contributed by atoms with Crippen LogP contribution in [0.25, 0.3) is 0 Å². The Morgan fingerprint density at radius 3 is 2.81 bits per heavy atom. The molecule has 3 rings (SSSR count). The van der Waals surface area contributed by atoms with Crippen molar-refractivity contribution >= 4 is 17.5 Å². The van der Waals surface area contributed by atoms with Gasteiger partial charge in [0.2, 0.25) is 0 Å². The fourth-order valence-corrected chi connectivity index (χ4v) is 2.88. The lowest BCUT2D eigenvalue weighted by atomic mass is 10.0. The number of carbonyl (C=O) groups is 2. The van der Waals surface area contributed by atoms with Crippen LogP contribution in [0.4, 0.5) is 5.69 Å². The van der Waals surface area contributed by atoms with Crippen molar-refractivity contribution < 1.29 is 14.3 Å². The summed E-state index contributed by atoms with van der Waals surface area (Å²) in [4.78, 5) is 24.8. The second-order valence-corrected chi connectivity index (χ2v) is 6.04. The number of carbonyl (C=O) groups excluding carboxylic acids is 2. The van der Waals surface area contributed by atoms with Crippen molar-refractivity contribution in [2.45, 2.75) is 51.2 Å². The van der Waals surface area contributed by atoms with Crippen LogP contribution in [0.5, 0.6) is 5.75 Å². The molecular formula is C16H20N2O3. The average Bonchev–Trinajstić information content (AvgIpc) is 2.93. The summed E-state index contributed by atoms with van der Waals surface area (Å²) in [6.45, 7) is 3.46. The van der Waals surface area contributed by atoms with Crippen LogP contribution in [0, 0.1) is 6.92 Å².